The number of carbonyl (C=O) groups is 1. The lowest BCUT2D eigenvalue weighted by Gasteiger charge is -2.19. The van der Waals surface area contributed by atoms with E-state index in [1.807, 2.05) is 37.3 Å². The summed E-state index contributed by atoms with van der Waals surface area (Å²) in [7, 11) is 0. The first-order valence-corrected chi connectivity index (χ1v) is 7.37. The van der Waals surface area contributed by atoms with Crippen LogP contribution in [0.4, 0.5) is 0 Å². The van der Waals surface area contributed by atoms with Crippen molar-refractivity contribution in [3.63, 3.8) is 0 Å². The molecule has 0 aliphatic heterocycles. The Morgan fingerprint density at radius 2 is 2.10 bits per heavy atom. The molecule has 0 heterocycles. The average Bonchev–Trinajstić information content (AvgIpc) is 2.46. The zero-order chi connectivity index (χ0) is 15.5. The highest BCUT2D eigenvalue weighted by Crippen LogP contribution is 2.16. The SMILES string of the molecule is C=CCN(CCCCOc1ccccc1C)CCC(=O)O. The molecule has 1 N–H and O–H groups in total. The van der Waals surface area contributed by atoms with E-state index in [0.717, 1.165) is 37.2 Å². The Morgan fingerprint density at radius 3 is 2.76 bits per heavy atom. The highest BCUT2D eigenvalue weighted by molar-refractivity contribution is 5.66. The van der Waals surface area contributed by atoms with Crippen molar-refractivity contribution in [2.75, 3.05) is 26.2 Å². The van der Waals surface area contributed by atoms with Crippen molar-refractivity contribution in [1.82, 2.24) is 4.90 Å². The van der Waals surface area contributed by atoms with Gasteiger partial charge in [-0.15, -0.1) is 6.58 Å². The van der Waals surface area contributed by atoms with E-state index < -0.39 is 5.97 Å². The van der Waals surface area contributed by atoms with Crippen molar-refractivity contribution in [3.05, 3.63) is 42.5 Å². The van der Waals surface area contributed by atoms with Gasteiger partial charge in [-0.1, -0.05) is 24.3 Å². The molecule has 4 heteroatoms. The summed E-state index contributed by atoms with van der Waals surface area (Å²) in [6, 6.07) is 7.98. The zero-order valence-corrected chi connectivity index (χ0v) is 12.8. The molecule has 116 valence electrons. The van der Waals surface area contributed by atoms with Crippen molar-refractivity contribution in [3.8, 4) is 5.75 Å². The van der Waals surface area contributed by atoms with Crippen molar-refractivity contribution in [2.45, 2.75) is 26.2 Å². The highest BCUT2D eigenvalue weighted by Gasteiger charge is 2.06. The average molecular weight is 291 g/mol. The van der Waals surface area contributed by atoms with Crippen LogP contribution in [-0.4, -0.2) is 42.2 Å². The first kappa shape index (κ1) is 17.2. The lowest BCUT2D eigenvalue weighted by Crippen LogP contribution is -2.28. The summed E-state index contributed by atoms with van der Waals surface area (Å²) in [4.78, 5) is 12.7. The number of para-hydroxylation sites is 1. The van der Waals surface area contributed by atoms with Crippen LogP contribution in [0.1, 0.15) is 24.8 Å². The number of aryl methyl sites for hydroxylation is 1. The van der Waals surface area contributed by atoms with E-state index in [1.54, 1.807) is 0 Å². The summed E-state index contributed by atoms with van der Waals surface area (Å²) in [6.07, 6.45) is 3.92. The van der Waals surface area contributed by atoms with Gasteiger partial charge in [0.25, 0.3) is 0 Å². The highest BCUT2D eigenvalue weighted by atomic mass is 16.5. The molecule has 4 nitrogen and oxygen atoms in total. The molecule has 0 radical (unpaired) electrons. The van der Waals surface area contributed by atoms with E-state index in [9.17, 15) is 4.79 Å². The van der Waals surface area contributed by atoms with Crippen molar-refractivity contribution in [2.24, 2.45) is 0 Å². The number of hydrogen-bond donors (Lipinski definition) is 1. The number of aliphatic carboxylic acids is 1. The van der Waals surface area contributed by atoms with Gasteiger partial charge in [0.15, 0.2) is 0 Å². The van der Waals surface area contributed by atoms with E-state index in [4.69, 9.17) is 9.84 Å². The van der Waals surface area contributed by atoms with Crippen LogP contribution >= 0.6 is 0 Å². The fourth-order valence-electron chi connectivity index (χ4n) is 2.07. The van der Waals surface area contributed by atoms with Gasteiger partial charge in [0.05, 0.1) is 13.0 Å². The second kappa shape index (κ2) is 10.00. The summed E-state index contributed by atoms with van der Waals surface area (Å²) >= 11 is 0. The van der Waals surface area contributed by atoms with Crippen LogP contribution in [0, 0.1) is 6.92 Å². The zero-order valence-electron chi connectivity index (χ0n) is 12.8. The van der Waals surface area contributed by atoms with E-state index in [0.29, 0.717) is 13.2 Å². The fourth-order valence-corrected chi connectivity index (χ4v) is 2.07. The molecule has 1 rings (SSSR count). The van der Waals surface area contributed by atoms with E-state index in [-0.39, 0.29) is 6.42 Å². The van der Waals surface area contributed by atoms with Crippen LogP contribution in [0.25, 0.3) is 0 Å². The summed E-state index contributed by atoms with van der Waals surface area (Å²) in [5.74, 6) is 0.179. The maximum atomic E-state index is 10.6. The number of carboxylic acid groups (broad SMARTS) is 1. The van der Waals surface area contributed by atoms with Gasteiger partial charge in [-0.25, -0.2) is 0 Å². The minimum atomic E-state index is -0.757. The number of ether oxygens (including phenoxy) is 1. The molecule has 1 aromatic carbocycles. The summed E-state index contributed by atoms with van der Waals surface area (Å²) in [5.41, 5.74) is 1.15. The Labute approximate surface area is 127 Å². The Morgan fingerprint density at radius 1 is 1.33 bits per heavy atom. The second-order valence-electron chi connectivity index (χ2n) is 5.05. The molecular weight excluding hydrogens is 266 g/mol. The third-order valence-corrected chi connectivity index (χ3v) is 3.25. The largest absolute Gasteiger partial charge is 0.493 e. The first-order valence-electron chi connectivity index (χ1n) is 7.37. The first-order chi connectivity index (χ1) is 10.1. The number of carboxylic acids is 1. The number of unbranched alkanes of at least 4 members (excludes halogenated alkanes) is 1. The standard InChI is InChI=1S/C17H25NO3/c1-3-11-18(13-10-17(19)20)12-6-7-14-21-16-9-5-4-8-15(16)2/h3-5,8-9H,1,6-7,10-14H2,2H3,(H,19,20). The van der Waals surface area contributed by atoms with Crippen molar-refractivity contribution < 1.29 is 14.6 Å². The minimum Gasteiger partial charge on any atom is -0.493 e. The van der Waals surface area contributed by atoms with Gasteiger partial charge in [-0.05, 0) is 37.9 Å². The number of benzene rings is 1. The van der Waals surface area contributed by atoms with E-state index >= 15 is 0 Å². The molecule has 0 amide bonds. The van der Waals surface area contributed by atoms with Gasteiger partial charge in [-0.2, -0.15) is 0 Å². The molecule has 0 spiro atoms. The number of hydrogen-bond acceptors (Lipinski definition) is 3. The summed E-state index contributed by atoms with van der Waals surface area (Å²) in [6.45, 7) is 8.60. The molecule has 0 aliphatic rings. The van der Waals surface area contributed by atoms with Gasteiger partial charge in [0, 0.05) is 13.1 Å². The predicted molar refractivity (Wildman–Crippen MR) is 84.8 cm³/mol. The van der Waals surface area contributed by atoms with Gasteiger partial charge in [-0.3, -0.25) is 9.69 Å². The van der Waals surface area contributed by atoms with Gasteiger partial charge in [0.1, 0.15) is 5.75 Å². The minimum absolute atomic E-state index is 0.174. The maximum Gasteiger partial charge on any atom is 0.304 e. The van der Waals surface area contributed by atoms with Crippen LogP contribution in [0.5, 0.6) is 5.75 Å². The predicted octanol–water partition coefficient (Wildman–Crippen LogP) is 3.12. The van der Waals surface area contributed by atoms with Crippen LogP contribution < -0.4 is 4.74 Å². The van der Waals surface area contributed by atoms with Crippen LogP contribution in [-0.2, 0) is 4.79 Å². The molecule has 0 saturated carbocycles. The third-order valence-electron chi connectivity index (χ3n) is 3.25. The number of nitrogens with zero attached hydrogens (tertiary/aromatic N) is 1. The maximum absolute atomic E-state index is 10.6. The molecule has 0 bridgehead atoms. The fraction of sp³-hybridized carbons (Fsp3) is 0.471. The molecule has 0 unspecified atom stereocenters. The lowest BCUT2D eigenvalue weighted by molar-refractivity contribution is -0.137. The smallest absolute Gasteiger partial charge is 0.304 e. The molecule has 0 saturated heterocycles. The van der Waals surface area contributed by atoms with Crippen LogP contribution in [0.3, 0.4) is 0 Å². The summed E-state index contributed by atoms with van der Waals surface area (Å²) < 4.78 is 5.74. The number of rotatable bonds is 11. The summed E-state index contributed by atoms with van der Waals surface area (Å²) in [5, 5.41) is 8.72. The van der Waals surface area contributed by atoms with Crippen molar-refractivity contribution >= 4 is 5.97 Å². The van der Waals surface area contributed by atoms with E-state index in [1.165, 1.54) is 0 Å². The molecule has 1 aromatic rings. The van der Waals surface area contributed by atoms with Crippen LogP contribution in [0.15, 0.2) is 36.9 Å². The third kappa shape index (κ3) is 7.51. The van der Waals surface area contributed by atoms with Gasteiger partial charge in [0.2, 0.25) is 0 Å². The molecule has 0 aromatic heterocycles. The molecule has 0 atom stereocenters. The van der Waals surface area contributed by atoms with Crippen molar-refractivity contribution in [1.29, 1.82) is 0 Å². The molecule has 0 aliphatic carbocycles. The Bertz CT molecular complexity index is 445. The monoisotopic (exact) mass is 291 g/mol. The quantitative estimate of drug-likeness (QED) is 0.503. The Balaban J connectivity index is 2.20. The lowest BCUT2D eigenvalue weighted by atomic mass is 10.2. The Hall–Kier alpha value is -1.81. The second-order valence-corrected chi connectivity index (χ2v) is 5.05. The topological polar surface area (TPSA) is 49.8 Å². The Kier molecular flexibility index (Phi) is 8.21. The molecule has 21 heavy (non-hydrogen) atoms. The normalized spacial score (nSPS) is 10.6. The van der Waals surface area contributed by atoms with Crippen LogP contribution in [0.2, 0.25) is 0 Å². The molecule has 0 fully saturated rings. The molecular formula is C17H25NO3. The van der Waals surface area contributed by atoms with E-state index in [2.05, 4.69) is 11.5 Å². The van der Waals surface area contributed by atoms with Gasteiger partial charge < -0.3 is 9.84 Å². The van der Waals surface area contributed by atoms with Gasteiger partial charge >= 0.3 is 5.97 Å².